The monoisotopic (exact) mass is 389 g/mol. The highest BCUT2D eigenvalue weighted by Gasteiger charge is 2.16. The molecule has 28 heavy (non-hydrogen) atoms. The number of benzene rings is 1. The summed E-state index contributed by atoms with van der Waals surface area (Å²) in [5.41, 5.74) is 2.24. The van der Waals surface area contributed by atoms with Gasteiger partial charge in [0.05, 0.1) is 26.4 Å². The Bertz CT molecular complexity index is 880. The minimum absolute atomic E-state index is 0.133. The fourth-order valence-corrected chi connectivity index (χ4v) is 2.86. The van der Waals surface area contributed by atoms with Crippen LogP contribution in [0.1, 0.15) is 12.5 Å². The summed E-state index contributed by atoms with van der Waals surface area (Å²) in [5.74, 6) is 1.36. The molecular formula is C20H27N3O5. The van der Waals surface area contributed by atoms with Crippen LogP contribution in [-0.4, -0.2) is 50.5 Å². The molecular weight excluding hydrogens is 362 g/mol. The van der Waals surface area contributed by atoms with Gasteiger partial charge in [-0.25, -0.2) is 4.79 Å². The van der Waals surface area contributed by atoms with Gasteiger partial charge in [-0.1, -0.05) is 0 Å². The molecule has 152 valence electrons. The van der Waals surface area contributed by atoms with Crippen LogP contribution in [0.2, 0.25) is 0 Å². The first-order chi connectivity index (χ1) is 13.3. The summed E-state index contributed by atoms with van der Waals surface area (Å²) in [4.78, 5) is 26.1. The van der Waals surface area contributed by atoms with E-state index in [-0.39, 0.29) is 17.9 Å². The van der Waals surface area contributed by atoms with Gasteiger partial charge in [-0.05, 0) is 44.8 Å². The molecule has 0 radical (unpaired) electrons. The van der Waals surface area contributed by atoms with Crippen molar-refractivity contribution in [3.63, 3.8) is 0 Å². The quantitative estimate of drug-likeness (QED) is 0.784. The molecule has 0 atom stereocenters. The first kappa shape index (κ1) is 21.3. The molecule has 1 N–H and O–H groups in total. The van der Waals surface area contributed by atoms with Crippen molar-refractivity contribution in [1.29, 1.82) is 0 Å². The van der Waals surface area contributed by atoms with Gasteiger partial charge in [0.1, 0.15) is 17.2 Å². The van der Waals surface area contributed by atoms with Crippen molar-refractivity contribution in [2.75, 3.05) is 40.2 Å². The van der Waals surface area contributed by atoms with Crippen molar-refractivity contribution >= 4 is 11.8 Å². The van der Waals surface area contributed by atoms with Crippen molar-refractivity contribution in [3.05, 3.63) is 40.3 Å². The van der Waals surface area contributed by atoms with Crippen molar-refractivity contribution in [3.8, 4) is 22.6 Å². The van der Waals surface area contributed by atoms with Crippen LogP contribution < -0.4 is 20.3 Å². The molecule has 8 heteroatoms. The van der Waals surface area contributed by atoms with Gasteiger partial charge in [0, 0.05) is 25.4 Å². The summed E-state index contributed by atoms with van der Waals surface area (Å²) in [7, 11) is 8.76. The van der Waals surface area contributed by atoms with Crippen LogP contribution in [0.5, 0.6) is 11.5 Å². The van der Waals surface area contributed by atoms with Gasteiger partial charge in [-0.15, -0.1) is 0 Å². The van der Waals surface area contributed by atoms with Crippen molar-refractivity contribution < 1.29 is 19.0 Å². The van der Waals surface area contributed by atoms with Crippen LogP contribution in [0, 0.1) is 0 Å². The second-order valence-electron chi connectivity index (χ2n) is 6.50. The summed E-state index contributed by atoms with van der Waals surface area (Å²) >= 11 is 0. The zero-order valence-electron chi connectivity index (χ0n) is 17.2. The second kappa shape index (κ2) is 9.27. The number of aromatic nitrogens is 1. The highest BCUT2D eigenvalue weighted by Crippen LogP contribution is 2.36. The standard InChI is InChI=1S/C20H27N3O5/c1-7-28-20(25)21-16-8-14(11-23(4)19(16)24)13-9-17(26-5)15(12-22(2)3)18(10-13)27-6/h8-11H,7,12H2,1-6H3,(H,21,25). The Hall–Kier alpha value is -3.00. The Labute approximate surface area is 164 Å². The van der Waals surface area contributed by atoms with Gasteiger partial charge in [0.25, 0.3) is 5.56 Å². The molecule has 0 saturated carbocycles. The van der Waals surface area contributed by atoms with Crippen LogP contribution in [0.3, 0.4) is 0 Å². The van der Waals surface area contributed by atoms with E-state index in [2.05, 4.69) is 5.32 Å². The fourth-order valence-electron chi connectivity index (χ4n) is 2.86. The third-order valence-electron chi connectivity index (χ3n) is 4.11. The maximum atomic E-state index is 12.4. The van der Waals surface area contributed by atoms with E-state index in [0.717, 1.165) is 16.7 Å². The molecule has 0 aliphatic rings. The Morgan fingerprint density at radius 1 is 1.11 bits per heavy atom. The van der Waals surface area contributed by atoms with E-state index in [1.807, 2.05) is 31.1 Å². The van der Waals surface area contributed by atoms with Gasteiger partial charge in [-0.2, -0.15) is 0 Å². The third kappa shape index (κ3) is 4.83. The fraction of sp³-hybridized carbons (Fsp3) is 0.400. The van der Waals surface area contributed by atoms with Crippen LogP contribution in [-0.2, 0) is 18.3 Å². The number of aryl methyl sites for hydroxylation is 1. The van der Waals surface area contributed by atoms with Crippen molar-refractivity contribution in [1.82, 2.24) is 9.47 Å². The molecule has 1 aromatic carbocycles. The average molecular weight is 389 g/mol. The van der Waals surface area contributed by atoms with Crippen LogP contribution in [0.25, 0.3) is 11.1 Å². The zero-order chi connectivity index (χ0) is 20.8. The molecule has 1 heterocycles. The predicted octanol–water partition coefficient (Wildman–Crippen LogP) is 2.70. The van der Waals surface area contributed by atoms with Crippen LogP contribution in [0.15, 0.2) is 29.2 Å². The van der Waals surface area contributed by atoms with Crippen LogP contribution >= 0.6 is 0 Å². The second-order valence-corrected chi connectivity index (χ2v) is 6.50. The highest BCUT2D eigenvalue weighted by atomic mass is 16.5. The van der Waals surface area contributed by atoms with E-state index in [1.165, 1.54) is 4.57 Å². The first-order valence-corrected chi connectivity index (χ1v) is 8.85. The molecule has 2 rings (SSSR count). The maximum Gasteiger partial charge on any atom is 0.411 e. The number of hydrogen-bond acceptors (Lipinski definition) is 6. The first-order valence-electron chi connectivity index (χ1n) is 8.85. The molecule has 0 saturated heterocycles. The Kier molecular flexibility index (Phi) is 7.06. The van der Waals surface area contributed by atoms with Gasteiger partial charge >= 0.3 is 6.09 Å². The van der Waals surface area contributed by atoms with E-state index in [9.17, 15) is 9.59 Å². The molecule has 0 bridgehead atoms. The summed E-state index contributed by atoms with van der Waals surface area (Å²) in [6.45, 7) is 2.56. The van der Waals surface area contributed by atoms with Gasteiger partial charge in [0.2, 0.25) is 0 Å². The number of hydrogen-bond donors (Lipinski definition) is 1. The van der Waals surface area contributed by atoms with Gasteiger partial charge in [0.15, 0.2) is 0 Å². The van der Waals surface area contributed by atoms with Crippen LogP contribution in [0.4, 0.5) is 10.5 Å². The minimum atomic E-state index is -0.673. The molecule has 2 aromatic rings. The lowest BCUT2D eigenvalue weighted by Crippen LogP contribution is -2.24. The Balaban J connectivity index is 2.56. The minimum Gasteiger partial charge on any atom is -0.496 e. The molecule has 8 nitrogen and oxygen atoms in total. The Morgan fingerprint density at radius 2 is 1.71 bits per heavy atom. The normalized spacial score (nSPS) is 10.7. The van der Waals surface area contributed by atoms with E-state index < -0.39 is 6.09 Å². The van der Waals surface area contributed by atoms with Gasteiger partial charge < -0.3 is 23.7 Å². The van der Waals surface area contributed by atoms with E-state index >= 15 is 0 Å². The van der Waals surface area contributed by atoms with Crippen molar-refractivity contribution in [2.45, 2.75) is 13.5 Å². The number of carbonyl (C=O) groups is 1. The molecule has 1 aromatic heterocycles. The topological polar surface area (TPSA) is 82.0 Å². The number of anilines is 1. The number of ether oxygens (including phenoxy) is 3. The van der Waals surface area contributed by atoms with E-state index in [4.69, 9.17) is 14.2 Å². The molecule has 1 amide bonds. The zero-order valence-corrected chi connectivity index (χ0v) is 17.2. The number of carbonyl (C=O) groups excluding carboxylic acids is 1. The molecule has 0 spiro atoms. The SMILES string of the molecule is CCOC(=O)Nc1cc(-c2cc(OC)c(CN(C)C)c(OC)c2)cn(C)c1=O. The average Bonchev–Trinajstić information content (AvgIpc) is 2.65. The number of rotatable bonds is 7. The summed E-state index contributed by atoms with van der Waals surface area (Å²) in [6, 6.07) is 5.38. The molecule has 0 aliphatic carbocycles. The molecule has 0 aliphatic heterocycles. The lowest BCUT2D eigenvalue weighted by atomic mass is 10.0. The third-order valence-corrected chi connectivity index (χ3v) is 4.11. The largest absolute Gasteiger partial charge is 0.496 e. The Morgan fingerprint density at radius 3 is 2.21 bits per heavy atom. The van der Waals surface area contributed by atoms with E-state index in [0.29, 0.717) is 18.0 Å². The predicted molar refractivity (Wildman–Crippen MR) is 108 cm³/mol. The number of nitrogens with zero attached hydrogens (tertiary/aromatic N) is 2. The molecule has 0 unspecified atom stereocenters. The summed E-state index contributed by atoms with van der Waals surface area (Å²) in [6.07, 6.45) is 1.02. The number of amides is 1. The summed E-state index contributed by atoms with van der Waals surface area (Å²) < 4.78 is 17.4. The summed E-state index contributed by atoms with van der Waals surface area (Å²) in [5, 5.41) is 2.49. The van der Waals surface area contributed by atoms with Crippen molar-refractivity contribution in [2.24, 2.45) is 7.05 Å². The number of nitrogens with one attached hydrogen (secondary N) is 1. The molecule has 0 fully saturated rings. The highest BCUT2D eigenvalue weighted by molar-refractivity contribution is 5.85. The lowest BCUT2D eigenvalue weighted by molar-refractivity contribution is 0.168. The smallest absolute Gasteiger partial charge is 0.411 e. The number of pyridine rings is 1. The number of methoxy groups -OCH3 is 2. The lowest BCUT2D eigenvalue weighted by Gasteiger charge is -2.19. The maximum absolute atomic E-state index is 12.4. The van der Waals surface area contributed by atoms with Gasteiger partial charge in [-0.3, -0.25) is 10.1 Å². The van der Waals surface area contributed by atoms with E-state index in [1.54, 1.807) is 40.5 Å².